The highest BCUT2D eigenvalue weighted by Gasteiger charge is 2.10. The lowest BCUT2D eigenvalue weighted by Crippen LogP contribution is -1.78. The molecule has 1 aromatic heterocycles. The highest BCUT2D eigenvalue weighted by atomic mass is 19.1. The van der Waals surface area contributed by atoms with Crippen molar-refractivity contribution in [1.82, 2.24) is 4.98 Å². The molecule has 0 saturated heterocycles. The number of phenolic OH excluding ortho intramolecular Hbond substituents is 1. The highest BCUT2D eigenvalue weighted by Crippen LogP contribution is 2.29. The molecular weight excluding hydrogens is 293 g/mol. The van der Waals surface area contributed by atoms with E-state index in [0.29, 0.717) is 11.5 Å². The average molecular weight is 305 g/mol. The number of benzene rings is 3. The summed E-state index contributed by atoms with van der Waals surface area (Å²) >= 11 is 0. The largest absolute Gasteiger partial charge is 0.508 e. The van der Waals surface area contributed by atoms with Crippen LogP contribution in [0.1, 0.15) is 0 Å². The molecule has 0 amide bonds. The topological polar surface area (TPSA) is 46.3 Å². The third-order valence-corrected chi connectivity index (χ3v) is 3.66. The van der Waals surface area contributed by atoms with E-state index in [1.54, 1.807) is 30.3 Å². The van der Waals surface area contributed by atoms with Gasteiger partial charge in [0, 0.05) is 5.56 Å². The average Bonchev–Trinajstić information content (AvgIpc) is 2.98. The number of oxazole rings is 1. The standard InChI is InChI=1S/C19H12FNO2/c20-15-7-4-12(5-8-15)19-21-17-9-6-14(11-18(17)23-19)13-2-1-3-16(22)10-13/h1-11,22H. The molecule has 0 aliphatic heterocycles. The van der Waals surface area contributed by atoms with E-state index < -0.39 is 0 Å². The van der Waals surface area contributed by atoms with Gasteiger partial charge in [-0.2, -0.15) is 0 Å². The van der Waals surface area contributed by atoms with Crippen LogP contribution in [0.4, 0.5) is 4.39 Å². The molecule has 0 aliphatic carbocycles. The lowest BCUT2D eigenvalue weighted by Gasteiger charge is -2.01. The Kier molecular flexibility index (Phi) is 3.08. The number of aromatic nitrogens is 1. The van der Waals surface area contributed by atoms with Crippen LogP contribution in [0.5, 0.6) is 5.75 Å². The summed E-state index contributed by atoms with van der Waals surface area (Å²) in [5.74, 6) is 0.372. The van der Waals surface area contributed by atoms with Crippen LogP contribution in [0, 0.1) is 5.82 Å². The molecule has 4 rings (SSSR count). The van der Waals surface area contributed by atoms with Gasteiger partial charge < -0.3 is 9.52 Å². The van der Waals surface area contributed by atoms with E-state index >= 15 is 0 Å². The minimum atomic E-state index is -0.295. The van der Waals surface area contributed by atoms with E-state index in [2.05, 4.69) is 4.98 Å². The number of aromatic hydroxyl groups is 1. The molecular formula is C19H12FNO2. The zero-order chi connectivity index (χ0) is 15.8. The van der Waals surface area contributed by atoms with E-state index in [4.69, 9.17) is 4.42 Å². The van der Waals surface area contributed by atoms with Crippen molar-refractivity contribution in [3.8, 4) is 28.3 Å². The molecule has 0 atom stereocenters. The molecule has 0 fully saturated rings. The first kappa shape index (κ1) is 13.5. The second kappa shape index (κ2) is 5.25. The Morgan fingerprint density at radius 2 is 1.57 bits per heavy atom. The molecule has 23 heavy (non-hydrogen) atoms. The summed E-state index contributed by atoms with van der Waals surface area (Å²) in [6.07, 6.45) is 0. The third-order valence-electron chi connectivity index (χ3n) is 3.66. The fraction of sp³-hybridized carbons (Fsp3) is 0. The first-order valence-corrected chi connectivity index (χ1v) is 7.15. The predicted octanol–water partition coefficient (Wildman–Crippen LogP) is 5.01. The van der Waals surface area contributed by atoms with Crippen LogP contribution in [0.2, 0.25) is 0 Å². The van der Waals surface area contributed by atoms with Gasteiger partial charge in [0.2, 0.25) is 5.89 Å². The summed E-state index contributed by atoms with van der Waals surface area (Å²) in [7, 11) is 0. The number of hydrogen-bond acceptors (Lipinski definition) is 3. The molecule has 3 nitrogen and oxygen atoms in total. The van der Waals surface area contributed by atoms with Gasteiger partial charge in [-0.3, -0.25) is 0 Å². The molecule has 112 valence electrons. The van der Waals surface area contributed by atoms with Crippen LogP contribution < -0.4 is 0 Å². The number of halogens is 1. The van der Waals surface area contributed by atoms with Crippen LogP contribution in [0.25, 0.3) is 33.7 Å². The van der Waals surface area contributed by atoms with Gasteiger partial charge in [0.15, 0.2) is 5.58 Å². The van der Waals surface area contributed by atoms with Crippen molar-refractivity contribution in [2.75, 3.05) is 0 Å². The summed E-state index contributed by atoms with van der Waals surface area (Å²) in [4.78, 5) is 4.43. The predicted molar refractivity (Wildman–Crippen MR) is 86.5 cm³/mol. The van der Waals surface area contributed by atoms with Crippen LogP contribution in [0.3, 0.4) is 0 Å². The van der Waals surface area contributed by atoms with E-state index in [-0.39, 0.29) is 11.6 Å². The molecule has 0 spiro atoms. The zero-order valence-electron chi connectivity index (χ0n) is 12.0. The fourth-order valence-corrected chi connectivity index (χ4v) is 2.51. The SMILES string of the molecule is Oc1cccc(-c2ccc3nc(-c4ccc(F)cc4)oc3c2)c1. The summed E-state index contributed by atoms with van der Waals surface area (Å²) in [6.45, 7) is 0. The lowest BCUT2D eigenvalue weighted by molar-refractivity contribution is 0.475. The van der Waals surface area contributed by atoms with Crippen molar-refractivity contribution in [3.63, 3.8) is 0 Å². The molecule has 4 aromatic rings. The molecule has 0 radical (unpaired) electrons. The minimum absolute atomic E-state index is 0.215. The van der Waals surface area contributed by atoms with Crippen molar-refractivity contribution in [2.24, 2.45) is 0 Å². The van der Waals surface area contributed by atoms with E-state index in [1.165, 1.54) is 12.1 Å². The van der Waals surface area contributed by atoms with Crippen molar-refractivity contribution < 1.29 is 13.9 Å². The summed E-state index contributed by atoms with van der Waals surface area (Å²) in [6, 6.07) is 18.7. The normalized spacial score (nSPS) is 11.0. The Labute approximate surface area is 131 Å². The first-order chi connectivity index (χ1) is 11.2. The minimum Gasteiger partial charge on any atom is -0.508 e. The zero-order valence-corrected chi connectivity index (χ0v) is 12.0. The monoisotopic (exact) mass is 305 g/mol. The Balaban J connectivity index is 1.79. The Morgan fingerprint density at radius 1 is 0.826 bits per heavy atom. The second-order valence-corrected chi connectivity index (χ2v) is 5.26. The number of phenols is 1. The fourth-order valence-electron chi connectivity index (χ4n) is 2.51. The van der Waals surface area contributed by atoms with E-state index in [1.807, 2.05) is 24.3 Å². The smallest absolute Gasteiger partial charge is 0.227 e. The van der Waals surface area contributed by atoms with Gasteiger partial charge in [-0.25, -0.2) is 9.37 Å². The molecule has 1 N–H and O–H groups in total. The molecule has 0 bridgehead atoms. The van der Waals surface area contributed by atoms with Crippen LogP contribution >= 0.6 is 0 Å². The van der Waals surface area contributed by atoms with Gasteiger partial charge in [0.25, 0.3) is 0 Å². The molecule has 0 saturated carbocycles. The van der Waals surface area contributed by atoms with Crippen LogP contribution in [0.15, 0.2) is 71.1 Å². The molecule has 0 aliphatic rings. The second-order valence-electron chi connectivity index (χ2n) is 5.26. The Bertz CT molecular complexity index is 990. The summed E-state index contributed by atoms with van der Waals surface area (Å²) in [5, 5.41) is 9.60. The Hall–Kier alpha value is -3.14. The molecule has 3 aromatic carbocycles. The maximum Gasteiger partial charge on any atom is 0.227 e. The maximum absolute atomic E-state index is 13.0. The maximum atomic E-state index is 13.0. The Morgan fingerprint density at radius 3 is 2.35 bits per heavy atom. The van der Waals surface area contributed by atoms with Gasteiger partial charge in [0.1, 0.15) is 17.1 Å². The van der Waals surface area contributed by atoms with Crippen molar-refractivity contribution in [3.05, 3.63) is 72.5 Å². The van der Waals surface area contributed by atoms with E-state index in [0.717, 1.165) is 22.2 Å². The third kappa shape index (κ3) is 2.55. The lowest BCUT2D eigenvalue weighted by atomic mass is 10.1. The first-order valence-electron chi connectivity index (χ1n) is 7.15. The molecule has 0 unspecified atom stereocenters. The van der Waals surface area contributed by atoms with Crippen molar-refractivity contribution in [2.45, 2.75) is 0 Å². The van der Waals surface area contributed by atoms with Crippen LogP contribution in [-0.2, 0) is 0 Å². The number of fused-ring (bicyclic) bond motifs is 1. The van der Waals surface area contributed by atoms with Crippen molar-refractivity contribution >= 4 is 11.1 Å². The number of hydrogen-bond donors (Lipinski definition) is 1. The number of nitrogens with zero attached hydrogens (tertiary/aromatic N) is 1. The van der Waals surface area contributed by atoms with Gasteiger partial charge in [-0.1, -0.05) is 18.2 Å². The number of rotatable bonds is 2. The quantitative estimate of drug-likeness (QED) is 0.566. The summed E-state index contributed by atoms with van der Waals surface area (Å²) in [5.41, 5.74) is 3.92. The van der Waals surface area contributed by atoms with Gasteiger partial charge >= 0.3 is 0 Å². The van der Waals surface area contributed by atoms with Gasteiger partial charge in [0.05, 0.1) is 0 Å². The van der Waals surface area contributed by atoms with Crippen LogP contribution in [-0.4, -0.2) is 10.1 Å². The van der Waals surface area contributed by atoms with Gasteiger partial charge in [-0.15, -0.1) is 0 Å². The molecule has 1 heterocycles. The van der Waals surface area contributed by atoms with Crippen molar-refractivity contribution in [1.29, 1.82) is 0 Å². The summed E-state index contributed by atoms with van der Waals surface area (Å²) < 4.78 is 18.8. The van der Waals surface area contributed by atoms with E-state index in [9.17, 15) is 9.50 Å². The highest BCUT2D eigenvalue weighted by molar-refractivity contribution is 5.82. The van der Waals surface area contributed by atoms with Gasteiger partial charge in [-0.05, 0) is 59.7 Å². The molecule has 4 heteroatoms.